The Labute approximate surface area is 188 Å². The third kappa shape index (κ3) is 4.30. The number of amides is 2. The van der Waals surface area contributed by atoms with Crippen molar-refractivity contribution in [2.45, 2.75) is 23.9 Å². The van der Waals surface area contributed by atoms with Gasteiger partial charge in [0.15, 0.2) is 0 Å². The standard InChI is InChI=1S/C23H23F3N2O3S/c1-31-19-7-3-5-17(15-19)21(30)28-12-13-32-22(28)8-10-27(11-9-22)20(29)16-4-2-6-18(14-16)23(24,25)26/h2-7,14-15H,8-13H2,1H3. The fourth-order valence-electron chi connectivity index (χ4n) is 4.29. The maximum atomic E-state index is 13.2. The van der Waals surface area contributed by atoms with Crippen molar-refractivity contribution in [1.29, 1.82) is 0 Å². The lowest BCUT2D eigenvalue weighted by Crippen LogP contribution is -2.53. The Kier molecular flexibility index (Phi) is 6.11. The van der Waals surface area contributed by atoms with Crippen LogP contribution in [0.3, 0.4) is 0 Å². The van der Waals surface area contributed by atoms with Gasteiger partial charge in [0, 0.05) is 36.5 Å². The van der Waals surface area contributed by atoms with E-state index >= 15 is 0 Å². The first-order chi connectivity index (χ1) is 15.2. The van der Waals surface area contributed by atoms with Gasteiger partial charge >= 0.3 is 6.18 Å². The molecule has 2 aromatic carbocycles. The third-order valence-corrected chi connectivity index (χ3v) is 7.56. The summed E-state index contributed by atoms with van der Waals surface area (Å²) in [5.74, 6) is 0.918. The Morgan fingerprint density at radius 3 is 2.28 bits per heavy atom. The predicted octanol–water partition coefficient (Wildman–Crippen LogP) is 4.54. The monoisotopic (exact) mass is 464 g/mol. The molecule has 9 heteroatoms. The van der Waals surface area contributed by atoms with Crippen LogP contribution in [-0.4, -0.2) is 59.0 Å². The Morgan fingerprint density at radius 1 is 0.969 bits per heavy atom. The number of halogens is 3. The number of ether oxygens (including phenoxy) is 1. The maximum Gasteiger partial charge on any atom is 0.416 e. The number of carbonyl (C=O) groups excluding carboxylic acids is 2. The SMILES string of the molecule is COc1cccc(C(=O)N2CCSC23CCN(C(=O)c2cccc(C(F)(F)F)c2)CC3)c1. The second kappa shape index (κ2) is 8.69. The van der Waals surface area contributed by atoms with Crippen molar-refractivity contribution in [3.63, 3.8) is 0 Å². The quantitative estimate of drug-likeness (QED) is 0.670. The predicted molar refractivity (Wildman–Crippen MR) is 116 cm³/mol. The number of hydrogen-bond donors (Lipinski definition) is 0. The summed E-state index contributed by atoms with van der Waals surface area (Å²) >= 11 is 1.71. The maximum absolute atomic E-state index is 13.2. The molecule has 1 spiro atoms. The van der Waals surface area contributed by atoms with Crippen LogP contribution in [0, 0.1) is 0 Å². The van der Waals surface area contributed by atoms with Crippen LogP contribution in [0.15, 0.2) is 48.5 Å². The van der Waals surface area contributed by atoms with E-state index in [-0.39, 0.29) is 11.5 Å². The molecule has 170 valence electrons. The minimum Gasteiger partial charge on any atom is -0.497 e. The topological polar surface area (TPSA) is 49.9 Å². The molecule has 2 fully saturated rings. The van der Waals surface area contributed by atoms with E-state index in [9.17, 15) is 22.8 Å². The van der Waals surface area contributed by atoms with Crippen molar-refractivity contribution in [3.8, 4) is 5.75 Å². The summed E-state index contributed by atoms with van der Waals surface area (Å²) < 4.78 is 44.2. The van der Waals surface area contributed by atoms with Gasteiger partial charge in [-0.1, -0.05) is 12.1 Å². The first kappa shape index (κ1) is 22.5. The highest BCUT2D eigenvalue weighted by Crippen LogP contribution is 2.45. The van der Waals surface area contributed by atoms with E-state index in [0.29, 0.717) is 43.8 Å². The van der Waals surface area contributed by atoms with E-state index in [1.165, 1.54) is 12.1 Å². The van der Waals surface area contributed by atoms with Gasteiger partial charge in [-0.15, -0.1) is 11.8 Å². The fourth-order valence-corrected chi connectivity index (χ4v) is 5.75. The Morgan fingerprint density at radius 2 is 1.62 bits per heavy atom. The average molecular weight is 465 g/mol. The number of alkyl halides is 3. The summed E-state index contributed by atoms with van der Waals surface area (Å²) in [5, 5.41) is 0. The van der Waals surface area contributed by atoms with Crippen LogP contribution in [0.1, 0.15) is 39.1 Å². The number of benzene rings is 2. The second-order valence-electron chi connectivity index (χ2n) is 7.85. The largest absolute Gasteiger partial charge is 0.497 e. The lowest BCUT2D eigenvalue weighted by Gasteiger charge is -2.44. The Bertz CT molecular complexity index is 1020. The molecule has 0 unspecified atom stereocenters. The summed E-state index contributed by atoms with van der Waals surface area (Å²) in [5.41, 5.74) is -0.258. The summed E-state index contributed by atoms with van der Waals surface area (Å²) in [6.45, 7) is 1.37. The molecule has 0 radical (unpaired) electrons. The minimum absolute atomic E-state index is 0.0270. The number of likely N-dealkylation sites (tertiary alicyclic amines) is 1. The zero-order chi connectivity index (χ0) is 22.9. The van der Waals surface area contributed by atoms with Crippen molar-refractivity contribution >= 4 is 23.6 Å². The molecule has 0 atom stereocenters. The van der Waals surface area contributed by atoms with Crippen LogP contribution in [0.2, 0.25) is 0 Å². The molecule has 0 N–H and O–H groups in total. The van der Waals surface area contributed by atoms with Crippen LogP contribution in [0.25, 0.3) is 0 Å². The number of thioether (sulfide) groups is 1. The molecule has 0 aromatic heterocycles. The Balaban J connectivity index is 1.47. The van der Waals surface area contributed by atoms with Gasteiger partial charge in [0.2, 0.25) is 0 Å². The lowest BCUT2D eigenvalue weighted by atomic mass is 9.99. The molecule has 2 aromatic rings. The molecular weight excluding hydrogens is 441 g/mol. The Hall–Kier alpha value is -2.68. The van der Waals surface area contributed by atoms with E-state index in [4.69, 9.17) is 4.74 Å². The van der Waals surface area contributed by atoms with E-state index in [2.05, 4.69) is 0 Å². The molecule has 0 bridgehead atoms. The van der Waals surface area contributed by atoms with Crippen molar-refractivity contribution in [2.24, 2.45) is 0 Å². The molecule has 32 heavy (non-hydrogen) atoms. The van der Waals surface area contributed by atoms with Gasteiger partial charge < -0.3 is 14.5 Å². The first-order valence-electron chi connectivity index (χ1n) is 10.3. The van der Waals surface area contributed by atoms with Crippen molar-refractivity contribution in [3.05, 3.63) is 65.2 Å². The highest BCUT2D eigenvalue weighted by Gasteiger charge is 2.47. The van der Waals surface area contributed by atoms with Gasteiger partial charge in [0.1, 0.15) is 5.75 Å². The first-order valence-corrected chi connectivity index (χ1v) is 11.3. The van der Waals surface area contributed by atoms with Gasteiger partial charge in [-0.25, -0.2) is 0 Å². The smallest absolute Gasteiger partial charge is 0.416 e. The summed E-state index contributed by atoms with van der Waals surface area (Å²) in [7, 11) is 1.55. The minimum atomic E-state index is -4.50. The summed E-state index contributed by atoms with van der Waals surface area (Å²) in [6, 6.07) is 11.5. The molecule has 2 aliphatic heterocycles. The molecule has 2 saturated heterocycles. The van der Waals surface area contributed by atoms with Crippen molar-refractivity contribution < 1.29 is 27.5 Å². The number of hydrogen-bond acceptors (Lipinski definition) is 4. The zero-order valence-electron chi connectivity index (χ0n) is 17.5. The number of carbonyl (C=O) groups is 2. The molecule has 2 amide bonds. The van der Waals surface area contributed by atoms with E-state index in [1.807, 2.05) is 4.90 Å². The molecular formula is C23H23F3N2O3S. The number of methoxy groups -OCH3 is 1. The van der Waals surface area contributed by atoms with Gasteiger partial charge in [-0.05, 0) is 49.2 Å². The van der Waals surface area contributed by atoms with Crippen LogP contribution < -0.4 is 4.74 Å². The normalized spacial score (nSPS) is 18.1. The number of nitrogens with zero attached hydrogens (tertiary/aromatic N) is 2. The molecule has 0 saturated carbocycles. The van der Waals surface area contributed by atoms with Crippen LogP contribution >= 0.6 is 11.8 Å². The third-order valence-electron chi connectivity index (χ3n) is 6.01. The van der Waals surface area contributed by atoms with Crippen LogP contribution in [0.5, 0.6) is 5.75 Å². The van der Waals surface area contributed by atoms with Gasteiger partial charge in [0.25, 0.3) is 11.8 Å². The zero-order valence-corrected chi connectivity index (χ0v) is 18.3. The molecule has 2 aliphatic rings. The molecule has 0 aliphatic carbocycles. The van der Waals surface area contributed by atoms with E-state index in [0.717, 1.165) is 17.9 Å². The fraction of sp³-hybridized carbons (Fsp3) is 0.391. The van der Waals surface area contributed by atoms with E-state index < -0.39 is 22.5 Å². The van der Waals surface area contributed by atoms with Crippen LogP contribution in [0.4, 0.5) is 13.2 Å². The molecule has 2 heterocycles. The lowest BCUT2D eigenvalue weighted by molar-refractivity contribution is -0.137. The van der Waals surface area contributed by atoms with Crippen molar-refractivity contribution in [2.75, 3.05) is 32.5 Å². The molecule has 4 rings (SSSR count). The van der Waals surface area contributed by atoms with Crippen LogP contribution in [-0.2, 0) is 6.18 Å². The summed E-state index contributed by atoms with van der Waals surface area (Å²) in [4.78, 5) is 29.1. The van der Waals surface area contributed by atoms with Crippen molar-refractivity contribution in [1.82, 2.24) is 9.80 Å². The second-order valence-corrected chi connectivity index (χ2v) is 9.31. The highest BCUT2D eigenvalue weighted by molar-refractivity contribution is 8.00. The highest BCUT2D eigenvalue weighted by atomic mass is 32.2. The number of piperidine rings is 1. The van der Waals surface area contributed by atoms with Gasteiger partial charge in [0.05, 0.1) is 17.5 Å². The summed E-state index contributed by atoms with van der Waals surface area (Å²) in [6.07, 6.45) is -3.36. The van der Waals surface area contributed by atoms with Gasteiger partial charge in [-0.2, -0.15) is 13.2 Å². The average Bonchev–Trinajstić information content (AvgIpc) is 3.21. The molecule has 5 nitrogen and oxygen atoms in total. The van der Waals surface area contributed by atoms with Gasteiger partial charge in [-0.3, -0.25) is 9.59 Å². The van der Waals surface area contributed by atoms with E-state index in [1.54, 1.807) is 48.0 Å². The number of rotatable bonds is 3.